The zero-order chi connectivity index (χ0) is 10.7. The van der Waals surface area contributed by atoms with Crippen molar-refractivity contribution in [2.24, 2.45) is 5.73 Å². The minimum atomic E-state index is -0.800. The van der Waals surface area contributed by atoms with Gasteiger partial charge in [-0.1, -0.05) is 0 Å². The van der Waals surface area contributed by atoms with Crippen molar-refractivity contribution in [3.8, 4) is 0 Å². The summed E-state index contributed by atoms with van der Waals surface area (Å²) in [6.07, 6.45) is 0. The summed E-state index contributed by atoms with van der Waals surface area (Å²) >= 11 is 4.58. The Hall–Kier alpha value is -1.08. The van der Waals surface area contributed by atoms with Crippen LogP contribution in [0.4, 0.5) is 4.79 Å². The summed E-state index contributed by atoms with van der Waals surface area (Å²) in [6, 6.07) is 0.915. The predicted molar refractivity (Wildman–Crippen MR) is 56.9 cm³/mol. The van der Waals surface area contributed by atoms with Gasteiger partial charge < -0.3 is 5.73 Å². The van der Waals surface area contributed by atoms with Crippen LogP contribution >= 0.6 is 27.3 Å². The Morgan fingerprint density at radius 1 is 1.50 bits per heavy atom. The van der Waals surface area contributed by atoms with Crippen LogP contribution < -0.4 is 16.6 Å². The maximum absolute atomic E-state index is 11.3. The quantitative estimate of drug-likeness (QED) is 0.673. The van der Waals surface area contributed by atoms with E-state index < -0.39 is 6.03 Å². The molecule has 1 rings (SSSR count). The third-order valence-corrected chi connectivity index (χ3v) is 3.52. The molecule has 0 spiro atoms. The van der Waals surface area contributed by atoms with Gasteiger partial charge in [0, 0.05) is 0 Å². The number of hydrogen-bond donors (Lipinski definition) is 3. The van der Waals surface area contributed by atoms with Crippen LogP contribution in [0.25, 0.3) is 0 Å². The second-order valence-electron chi connectivity index (χ2n) is 2.51. The van der Waals surface area contributed by atoms with Crippen LogP contribution in [0.1, 0.15) is 15.2 Å². The standard InChI is InChI=1S/C7H8BrN3O2S/c1-3-2-4(14-5(3)8)6(12)10-11-7(9)13/h2H,1H3,(H,10,12)(H3,9,11,13). The van der Waals surface area contributed by atoms with Gasteiger partial charge in [0.1, 0.15) is 0 Å². The predicted octanol–water partition coefficient (Wildman–Crippen LogP) is 1.13. The molecule has 0 aliphatic carbocycles. The number of primary amides is 1. The maximum Gasteiger partial charge on any atom is 0.330 e. The Labute approximate surface area is 92.8 Å². The number of thiophene rings is 1. The molecule has 0 saturated carbocycles. The molecule has 0 aromatic carbocycles. The van der Waals surface area contributed by atoms with E-state index in [0.717, 1.165) is 9.35 Å². The van der Waals surface area contributed by atoms with E-state index in [9.17, 15) is 9.59 Å². The highest BCUT2D eigenvalue weighted by atomic mass is 79.9. The van der Waals surface area contributed by atoms with Crippen LogP contribution in [0.2, 0.25) is 0 Å². The number of nitrogens with two attached hydrogens (primary N) is 1. The van der Waals surface area contributed by atoms with Gasteiger partial charge in [0.15, 0.2) is 0 Å². The van der Waals surface area contributed by atoms with E-state index in [0.29, 0.717) is 4.88 Å². The molecule has 0 atom stereocenters. The molecule has 7 heteroatoms. The first-order valence-electron chi connectivity index (χ1n) is 3.62. The molecule has 3 amide bonds. The second kappa shape index (κ2) is 4.43. The van der Waals surface area contributed by atoms with Gasteiger partial charge in [-0.05, 0) is 34.5 Å². The van der Waals surface area contributed by atoms with Gasteiger partial charge in [-0.3, -0.25) is 10.2 Å². The second-order valence-corrected chi connectivity index (χ2v) is 4.88. The normalized spacial score (nSPS) is 9.57. The van der Waals surface area contributed by atoms with Crippen molar-refractivity contribution < 1.29 is 9.59 Å². The lowest BCUT2D eigenvalue weighted by Gasteiger charge is -2.01. The summed E-state index contributed by atoms with van der Waals surface area (Å²) < 4.78 is 0.890. The average Bonchev–Trinajstić information content (AvgIpc) is 2.43. The fourth-order valence-electron chi connectivity index (χ4n) is 0.752. The number of nitrogens with one attached hydrogen (secondary N) is 2. The van der Waals surface area contributed by atoms with E-state index in [-0.39, 0.29) is 5.91 Å². The Balaban J connectivity index is 2.65. The number of carbonyl (C=O) groups excluding carboxylic acids is 2. The number of urea groups is 1. The summed E-state index contributed by atoms with van der Waals surface area (Å²) in [6.45, 7) is 1.87. The SMILES string of the molecule is Cc1cc(C(=O)NNC(N)=O)sc1Br. The lowest BCUT2D eigenvalue weighted by atomic mass is 10.3. The van der Waals surface area contributed by atoms with Crippen molar-refractivity contribution in [2.45, 2.75) is 6.92 Å². The van der Waals surface area contributed by atoms with E-state index in [1.54, 1.807) is 6.07 Å². The molecule has 0 saturated heterocycles. The van der Waals surface area contributed by atoms with Crippen LogP contribution in [0.5, 0.6) is 0 Å². The van der Waals surface area contributed by atoms with Crippen LogP contribution in [0.3, 0.4) is 0 Å². The fourth-order valence-corrected chi connectivity index (χ4v) is 2.18. The number of rotatable bonds is 1. The largest absolute Gasteiger partial charge is 0.350 e. The summed E-state index contributed by atoms with van der Waals surface area (Å²) in [7, 11) is 0. The van der Waals surface area contributed by atoms with E-state index in [2.05, 4.69) is 21.4 Å². The molecule has 14 heavy (non-hydrogen) atoms. The zero-order valence-corrected chi connectivity index (χ0v) is 9.66. The van der Waals surface area contributed by atoms with E-state index in [1.807, 2.05) is 12.3 Å². The van der Waals surface area contributed by atoms with Crippen molar-refractivity contribution in [1.29, 1.82) is 0 Å². The third kappa shape index (κ3) is 2.71. The van der Waals surface area contributed by atoms with Crippen molar-refractivity contribution in [3.05, 3.63) is 20.3 Å². The monoisotopic (exact) mass is 277 g/mol. The van der Waals surface area contributed by atoms with Crippen molar-refractivity contribution in [1.82, 2.24) is 10.9 Å². The van der Waals surface area contributed by atoms with Crippen molar-refractivity contribution in [2.75, 3.05) is 0 Å². The Morgan fingerprint density at radius 3 is 2.57 bits per heavy atom. The van der Waals surface area contributed by atoms with E-state index in [4.69, 9.17) is 5.73 Å². The topological polar surface area (TPSA) is 84.2 Å². The Kier molecular flexibility index (Phi) is 3.48. The molecule has 1 aromatic heterocycles. The first-order valence-corrected chi connectivity index (χ1v) is 5.23. The first kappa shape index (κ1) is 11.0. The zero-order valence-electron chi connectivity index (χ0n) is 7.26. The Bertz CT molecular complexity index is 358. The first-order chi connectivity index (χ1) is 6.50. The van der Waals surface area contributed by atoms with E-state index >= 15 is 0 Å². The molecule has 0 bridgehead atoms. The molecular weight excluding hydrogens is 270 g/mol. The molecule has 0 aliphatic rings. The van der Waals surface area contributed by atoms with Gasteiger partial charge in [-0.2, -0.15) is 0 Å². The van der Waals surface area contributed by atoms with Crippen molar-refractivity contribution >= 4 is 39.2 Å². The fraction of sp³-hybridized carbons (Fsp3) is 0.143. The van der Waals surface area contributed by atoms with Crippen LogP contribution in [-0.4, -0.2) is 11.9 Å². The summed E-state index contributed by atoms with van der Waals surface area (Å²) in [4.78, 5) is 22.1. The molecule has 0 radical (unpaired) electrons. The number of hydrogen-bond acceptors (Lipinski definition) is 3. The van der Waals surface area contributed by atoms with Crippen LogP contribution in [0.15, 0.2) is 9.85 Å². The molecule has 5 nitrogen and oxygen atoms in total. The minimum absolute atomic E-state index is 0.386. The number of carbonyl (C=O) groups is 2. The summed E-state index contributed by atoms with van der Waals surface area (Å²) in [5.41, 5.74) is 9.92. The number of halogens is 1. The van der Waals surface area contributed by atoms with Gasteiger partial charge >= 0.3 is 6.03 Å². The smallest absolute Gasteiger partial charge is 0.330 e. The van der Waals surface area contributed by atoms with Gasteiger partial charge in [0.25, 0.3) is 5.91 Å². The third-order valence-electron chi connectivity index (χ3n) is 1.38. The highest BCUT2D eigenvalue weighted by Gasteiger charge is 2.10. The molecular formula is C7H8BrN3O2S. The van der Waals surface area contributed by atoms with Gasteiger partial charge in [0.2, 0.25) is 0 Å². The summed E-state index contributed by atoms with van der Waals surface area (Å²) in [5.74, 6) is -0.386. The molecule has 76 valence electrons. The number of aryl methyl sites for hydroxylation is 1. The molecule has 0 unspecified atom stereocenters. The van der Waals surface area contributed by atoms with E-state index in [1.165, 1.54) is 11.3 Å². The number of hydrazine groups is 1. The highest BCUT2D eigenvalue weighted by molar-refractivity contribution is 9.11. The van der Waals surface area contributed by atoms with Gasteiger partial charge in [-0.25, -0.2) is 10.2 Å². The number of amides is 3. The van der Waals surface area contributed by atoms with Crippen molar-refractivity contribution in [3.63, 3.8) is 0 Å². The molecule has 1 aromatic rings. The molecule has 4 N–H and O–H groups in total. The molecule has 1 heterocycles. The van der Waals surface area contributed by atoms with Crippen LogP contribution in [-0.2, 0) is 0 Å². The highest BCUT2D eigenvalue weighted by Crippen LogP contribution is 2.26. The lowest BCUT2D eigenvalue weighted by molar-refractivity contribution is 0.0941. The molecule has 0 aliphatic heterocycles. The van der Waals surface area contributed by atoms with Gasteiger partial charge in [-0.15, -0.1) is 11.3 Å². The summed E-state index contributed by atoms with van der Waals surface area (Å²) in [5, 5.41) is 0. The molecule has 0 fully saturated rings. The lowest BCUT2D eigenvalue weighted by Crippen LogP contribution is -2.44. The maximum atomic E-state index is 11.3. The minimum Gasteiger partial charge on any atom is -0.350 e. The average molecular weight is 278 g/mol. The van der Waals surface area contributed by atoms with Gasteiger partial charge in [0.05, 0.1) is 8.66 Å². The Morgan fingerprint density at radius 2 is 2.14 bits per heavy atom. The van der Waals surface area contributed by atoms with Crippen LogP contribution in [0, 0.1) is 6.92 Å².